The molecule has 3 aliphatic carbocycles. The average molecular weight is 445 g/mol. The number of hydrogen-bond donors (Lipinski definition) is 3. The zero-order valence-corrected chi connectivity index (χ0v) is 18.4. The van der Waals surface area contributed by atoms with Crippen LogP contribution in [0.4, 0.5) is 5.82 Å². The summed E-state index contributed by atoms with van der Waals surface area (Å²) in [5.41, 5.74) is 7.93. The van der Waals surface area contributed by atoms with Crippen LogP contribution in [0.5, 0.6) is 0 Å². The van der Waals surface area contributed by atoms with Crippen molar-refractivity contribution in [2.75, 3.05) is 5.73 Å². The molecular weight excluding hydrogens is 416 g/mol. The van der Waals surface area contributed by atoms with Crippen molar-refractivity contribution in [2.24, 2.45) is 5.41 Å². The highest BCUT2D eigenvalue weighted by molar-refractivity contribution is 7.89. The fourth-order valence-electron chi connectivity index (χ4n) is 5.46. The van der Waals surface area contributed by atoms with Gasteiger partial charge in [-0.2, -0.15) is 5.10 Å². The van der Waals surface area contributed by atoms with Gasteiger partial charge in [-0.3, -0.25) is 0 Å². The van der Waals surface area contributed by atoms with E-state index in [9.17, 15) is 13.5 Å². The zero-order chi connectivity index (χ0) is 22.0. The summed E-state index contributed by atoms with van der Waals surface area (Å²) < 4.78 is 31.2. The Kier molecular flexibility index (Phi) is 4.41. The number of nitrogen functional groups attached to an aromatic ring is 1. The predicted molar refractivity (Wildman–Crippen MR) is 118 cm³/mol. The fourth-order valence-corrected chi connectivity index (χ4v) is 6.92. The number of imidazole rings is 1. The van der Waals surface area contributed by atoms with Crippen molar-refractivity contribution in [1.82, 2.24) is 24.3 Å². The highest BCUT2D eigenvalue weighted by Crippen LogP contribution is 2.60. The number of benzene rings is 1. The molecule has 10 heteroatoms. The van der Waals surface area contributed by atoms with Crippen LogP contribution in [0.1, 0.15) is 46.0 Å². The third-order valence-corrected chi connectivity index (χ3v) is 8.65. The Balaban J connectivity index is 0.00000245. The first kappa shape index (κ1) is 20.3. The van der Waals surface area contributed by atoms with Gasteiger partial charge in [-0.1, -0.05) is 12.5 Å². The molecule has 4 N–H and O–H groups in total. The van der Waals surface area contributed by atoms with E-state index >= 15 is 0 Å². The van der Waals surface area contributed by atoms with E-state index in [0.29, 0.717) is 29.7 Å². The fraction of sp³-hybridized carbons (Fsp3) is 0.476. The van der Waals surface area contributed by atoms with Crippen LogP contribution in [0, 0.1) is 12.3 Å². The molecule has 0 saturated heterocycles. The molecule has 0 radical (unpaired) electrons. The molecule has 0 aliphatic heterocycles. The summed E-state index contributed by atoms with van der Waals surface area (Å²) in [5.74, 6) is 0.257. The van der Waals surface area contributed by atoms with E-state index in [1.807, 2.05) is 13.8 Å². The molecule has 166 valence electrons. The highest BCUT2D eigenvalue weighted by Gasteiger charge is 2.60. The summed E-state index contributed by atoms with van der Waals surface area (Å²) in [6.07, 6.45) is 6.55. The van der Waals surface area contributed by atoms with E-state index in [4.69, 9.17) is 5.73 Å². The first-order valence-corrected chi connectivity index (χ1v) is 11.9. The van der Waals surface area contributed by atoms with Crippen LogP contribution in [0.15, 0.2) is 35.6 Å². The standard InChI is InChI=1S/C21H26N6O3S.H2/c1-13-4-5-15(8-16(13)17-9-23-19-18(22)24-12-25-27(17)19)31(29,30)26-21-7-3-6-20(10-21,11-21)14(2)28;/h4-5,8-9,12,14,26,28H,3,6-7,10-11H2,1-2H3,(H2,22,24,25);1H. The quantitative estimate of drug-likeness (QED) is 0.549. The molecule has 1 atom stereocenters. The number of nitrogens with two attached hydrogens (primary N) is 1. The molecular formula is C21H28N6O3S. The number of sulfonamides is 1. The second-order valence-corrected chi connectivity index (χ2v) is 10.8. The number of fused-ring (bicyclic) bond motifs is 3. The van der Waals surface area contributed by atoms with Gasteiger partial charge in [0.25, 0.3) is 0 Å². The van der Waals surface area contributed by atoms with Crippen molar-refractivity contribution in [3.8, 4) is 11.3 Å². The Morgan fingerprint density at radius 1 is 1.29 bits per heavy atom. The maximum absolute atomic E-state index is 13.3. The number of aliphatic hydroxyl groups excluding tert-OH is 1. The molecule has 2 bridgehead atoms. The summed E-state index contributed by atoms with van der Waals surface area (Å²) >= 11 is 0. The summed E-state index contributed by atoms with van der Waals surface area (Å²) in [6.45, 7) is 3.72. The van der Waals surface area contributed by atoms with Crippen molar-refractivity contribution in [2.45, 2.75) is 62.5 Å². The summed E-state index contributed by atoms with van der Waals surface area (Å²) in [7, 11) is -3.74. The van der Waals surface area contributed by atoms with Crippen LogP contribution in [-0.2, 0) is 10.0 Å². The normalized spacial score (nSPS) is 26.5. The van der Waals surface area contributed by atoms with E-state index in [1.54, 1.807) is 28.9 Å². The monoisotopic (exact) mass is 444 g/mol. The molecule has 1 aromatic carbocycles. The van der Waals surface area contributed by atoms with Gasteiger partial charge in [-0.25, -0.2) is 27.6 Å². The van der Waals surface area contributed by atoms with Gasteiger partial charge < -0.3 is 10.8 Å². The molecule has 3 aromatic rings. The Morgan fingerprint density at radius 2 is 2.06 bits per heavy atom. The lowest BCUT2D eigenvalue weighted by molar-refractivity contribution is -0.116. The minimum Gasteiger partial charge on any atom is -0.393 e. The number of aromatic nitrogens is 4. The van der Waals surface area contributed by atoms with E-state index in [0.717, 1.165) is 24.8 Å². The van der Waals surface area contributed by atoms with Crippen LogP contribution in [-0.4, -0.2) is 44.7 Å². The second kappa shape index (κ2) is 6.72. The van der Waals surface area contributed by atoms with Gasteiger partial charge in [0.1, 0.15) is 6.33 Å². The van der Waals surface area contributed by atoms with Crippen LogP contribution < -0.4 is 10.5 Å². The number of hydrogen-bond acceptors (Lipinski definition) is 7. The molecule has 6 rings (SSSR count). The third kappa shape index (κ3) is 3.12. The summed E-state index contributed by atoms with van der Waals surface area (Å²) in [6, 6.07) is 5.06. The molecule has 31 heavy (non-hydrogen) atoms. The molecule has 3 aliphatic rings. The smallest absolute Gasteiger partial charge is 0.241 e. The molecule has 3 saturated carbocycles. The van der Waals surface area contributed by atoms with Gasteiger partial charge in [-0.15, -0.1) is 0 Å². The van der Waals surface area contributed by atoms with E-state index in [1.165, 1.54) is 6.33 Å². The van der Waals surface area contributed by atoms with Crippen LogP contribution >= 0.6 is 0 Å². The number of aryl methyl sites for hydroxylation is 1. The lowest BCUT2D eigenvalue weighted by Crippen LogP contribution is -2.67. The van der Waals surface area contributed by atoms with Crippen molar-refractivity contribution in [1.29, 1.82) is 0 Å². The van der Waals surface area contributed by atoms with Crippen molar-refractivity contribution >= 4 is 21.5 Å². The van der Waals surface area contributed by atoms with Crippen molar-refractivity contribution < 1.29 is 15.0 Å². The van der Waals surface area contributed by atoms with E-state index < -0.39 is 21.7 Å². The molecule has 1 unspecified atom stereocenters. The maximum Gasteiger partial charge on any atom is 0.241 e. The van der Waals surface area contributed by atoms with Gasteiger partial charge in [0.15, 0.2) is 11.5 Å². The van der Waals surface area contributed by atoms with Crippen LogP contribution in [0.2, 0.25) is 0 Å². The SMILES string of the molecule is Cc1ccc(S(=O)(=O)NC23CCCC(C(C)O)(C2)C3)cc1-c1cnc2c(N)ncnn12.[HH]. The second-order valence-electron chi connectivity index (χ2n) is 9.13. The Bertz CT molecular complexity index is 1280. The first-order chi connectivity index (χ1) is 14.6. The minimum absolute atomic E-state index is 0. The molecule has 0 amide bonds. The van der Waals surface area contributed by atoms with Gasteiger partial charge in [0.2, 0.25) is 10.0 Å². The number of anilines is 1. The molecule has 2 heterocycles. The minimum atomic E-state index is -3.74. The summed E-state index contributed by atoms with van der Waals surface area (Å²) in [5, 5.41) is 14.4. The first-order valence-electron chi connectivity index (χ1n) is 10.4. The number of aliphatic hydroxyl groups is 1. The molecule has 3 fully saturated rings. The lowest BCUT2D eigenvalue weighted by Gasteiger charge is -2.62. The van der Waals surface area contributed by atoms with Crippen molar-refractivity contribution in [3.63, 3.8) is 0 Å². The number of nitrogens with one attached hydrogen (secondary N) is 1. The number of rotatable bonds is 5. The lowest BCUT2D eigenvalue weighted by atomic mass is 9.48. The van der Waals surface area contributed by atoms with Gasteiger partial charge >= 0.3 is 0 Å². The number of nitrogens with zero attached hydrogens (tertiary/aromatic N) is 4. The van der Waals surface area contributed by atoms with Crippen LogP contribution in [0.25, 0.3) is 16.9 Å². The third-order valence-electron chi connectivity index (χ3n) is 7.07. The van der Waals surface area contributed by atoms with E-state index in [2.05, 4.69) is 19.8 Å². The zero-order valence-electron chi connectivity index (χ0n) is 17.5. The van der Waals surface area contributed by atoms with Gasteiger partial charge in [0, 0.05) is 12.5 Å². The average Bonchev–Trinajstić information content (AvgIpc) is 3.12. The maximum atomic E-state index is 13.3. The van der Waals surface area contributed by atoms with Crippen molar-refractivity contribution in [3.05, 3.63) is 36.3 Å². The van der Waals surface area contributed by atoms with E-state index in [-0.39, 0.29) is 17.6 Å². The Morgan fingerprint density at radius 3 is 2.81 bits per heavy atom. The Hall–Kier alpha value is -2.56. The topological polar surface area (TPSA) is 136 Å². The molecule has 9 nitrogen and oxygen atoms in total. The largest absolute Gasteiger partial charge is 0.393 e. The summed E-state index contributed by atoms with van der Waals surface area (Å²) in [4.78, 5) is 8.43. The van der Waals surface area contributed by atoms with Gasteiger partial charge in [-0.05, 0) is 62.6 Å². The van der Waals surface area contributed by atoms with Crippen LogP contribution in [0.3, 0.4) is 0 Å². The highest BCUT2D eigenvalue weighted by atomic mass is 32.2. The Labute approximate surface area is 182 Å². The molecule has 2 aromatic heterocycles. The predicted octanol–water partition coefficient (Wildman–Crippen LogP) is 2.29. The molecule has 0 spiro atoms. The van der Waals surface area contributed by atoms with Gasteiger partial charge in [0.05, 0.1) is 22.9 Å².